The minimum absolute atomic E-state index is 0.0406. The monoisotopic (exact) mass is 498 g/mol. The minimum Gasteiger partial charge on any atom is -0.493 e. The van der Waals surface area contributed by atoms with Gasteiger partial charge in [-0.25, -0.2) is 0 Å². The lowest BCUT2D eigenvalue weighted by molar-refractivity contribution is 0.324. The van der Waals surface area contributed by atoms with Gasteiger partial charge < -0.3 is 14.2 Å². The molecule has 1 aromatic carbocycles. The van der Waals surface area contributed by atoms with Crippen LogP contribution in [0.25, 0.3) is 0 Å². The van der Waals surface area contributed by atoms with Crippen LogP contribution in [-0.2, 0) is 0 Å². The zero-order valence-corrected chi connectivity index (χ0v) is 17.2. The summed E-state index contributed by atoms with van der Waals surface area (Å²) in [7, 11) is 4.82. The van der Waals surface area contributed by atoms with Crippen LogP contribution in [0.2, 0.25) is 0 Å². The van der Waals surface area contributed by atoms with Gasteiger partial charge in [-0.05, 0) is 55.6 Å². The highest BCUT2D eigenvalue weighted by molar-refractivity contribution is 9.13. The maximum absolute atomic E-state index is 5.39. The maximum atomic E-state index is 5.39. The Hall–Kier alpha value is -0.240. The Morgan fingerprint density at radius 2 is 1.52 bits per heavy atom. The van der Waals surface area contributed by atoms with Crippen molar-refractivity contribution >= 4 is 59.1 Å². The third-order valence-corrected chi connectivity index (χ3v) is 7.54. The van der Waals surface area contributed by atoms with Gasteiger partial charge in [0, 0.05) is 9.35 Å². The van der Waals surface area contributed by atoms with Crippen molar-refractivity contribution in [3.8, 4) is 17.2 Å². The number of rotatable bonds is 5. The Balaban J connectivity index is 2.48. The number of hydrogen-bond donors (Lipinski definition) is 0. The van der Waals surface area contributed by atoms with Gasteiger partial charge in [0.15, 0.2) is 11.5 Å². The van der Waals surface area contributed by atoms with Gasteiger partial charge in [-0.1, -0.05) is 15.9 Å². The first-order valence-corrected chi connectivity index (χ1v) is 9.22. The highest BCUT2D eigenvalue weighted by atomic mass is 79.9. The third kappa shape index (κ3) is 3.57. The zero-order valence-electron chi connectivity index (χ0n) is 11.6. The van der Waals surface area contributed by atoms with Gasteiger partial charge in [0.2, 0.25) is 5.75 Å². The molecule has 2 aromatic rings. The van der Waals surface area contributed by atoms with E-state index >= 15 is 0 Å². The Morgan fingerprint density at radius 3 is 1.90 bits per heavy atom. The predicted molar refractivity (Wildman–Crippen MR) is 96.6 cm³/mol. The van der Waals surface area contributed by atoms with E-state index in [4.69, 9.17) is 14.2 Å². The topological polar surface area (TPSA) is 27.7 Å². The molecule has 1 unspecified atom stereocenters. The fourth-order valence-corrected chi connectivity index (χ4v) is 4.67. The Labute approximate surface area is 153 Å². The highest BCUT2D eigenvalue weighted by Gasteiger charge is 2.20. The van der Waals surface area contributed by atoms with Crippen LogP contribution in [0.3, 0.4) is 0 Å². The summed E-state index contributed by atoms with van der Waals surface area (Å²) in [4.78, 5) is 1.21. The summed E-state index contributed by atoms with van der Waals surface area (Å²) in [6.07, 6.45) is 0. The molecular formula is C14H13Br3O3S. The molecule has 0 aliphatic heterocycles. The molecule has 0 bridgehead atoms. The maximum Gasteiger partial charge on any atom is 0.203 e. The fourth-order valence-electron chi connectivity index (χ4n) is 1.90. The molecular weight excluding hydrogens is 488 g/mol. The molecule has 0 amide bonds. The Bertz CT molecular complexity index is 598. The number of methoxy groups -OCH3 is 3. The summed E-state index contributed by atoms with van der Waals surface area (Å²) >= 11 is 12.4. The van der Waals surface area contributed by atoms with Gasteiger partial charge in [-0.2, -0.15) is 0 Å². The summed E-state index contributed by atoms with van der Waals surface area (Å²) < 4.78 is 18.2. The van der Waals surface area contributed by atoms with E-state index in [1.54, 1.807) is 32.7 Å². The summed E-state index contributed by atoms with van der Waals surface area (Å²) in [5, 5.41) is 0. The lowest BCUT2D eigenvalue weighted by atomic mass is 10.1. The van der Waals surface area contributed by atoms with Crippen molar-refractivity contribution in [3.63, 3.8) is 0 Å². The standard InChI is InChI=1S/C14H13Br3O3S/c1-18-9-4-7(5-10(19-2)13(9)20-3)12(16)11-6-8(15)14(17)21-11/h4-6,12H,1-3H3. The van der Waals surface area contributed by atoms with Crippen LogP contribution in [0.15, 0.2) is 26.5 Å². The van der Waals surface area contributed by atoms with Gasteiger partial charge in [-0.3, -0.25) is 0 Å². The lowest BCUT2D eigenvalue weighted by Crippen LogP contribution is -1.98. The van der Waals surface area contributed by atoms with Crippen molar-refractivity contribution < 1.29 is 14.2 Å². The average molecular weight is 501 g/mol. The molecule has 0 radical (unpaired) electrons. The second-order valence-electron chi connectivity index (χ2n) is 4.09. The Morgan fingerprint density at radius 1 is 0.952 bits per heavy atom. The van der Waals surface area contributed by atoms with Gasteiger partial charge in [0.1, 0.15) is 0 Å². The van der Waals surface area contributed by atoms with Gasteiger partial charge >= 0.3 is 0 Å². The number of ether oxygens (including phenoxy) is 3. The van der Waals surface area contributed by atoms with Crippen LogP contribution in [0.1, 0.15) is 15.3 Å². The third-order valence-electron chi connectivity index (χ3n) is 2.89. The molecule has 0 N–H and O–H groups in total. The summed E-state index contributed by atoms with van der Waals surface area (Å²) in [6, 6.07) is 5.97. The van der Waals surface area contributed by atoms with E-state index in [-0.39, 0.29) is 4.83 Å². The van der Waals surface area contributed by atoms with Crippen LogP contribution in [0.5, 0.6) is 17.2 Å². The van der Waals surface area contributed by atoms with Crippen LogP contribution in [-0.4, -0.2) is 21.3 Å². The van der Waals surface area contributed by atoms with Crippen molar-refractivity contribution in [2.24, 2.45) is 0 Å². The van der Waals surface area contributed by atoms with Gasteiger partial charge in [0.25, 0.3) is 0 Å². The smallest absolute Gasteiger partial charge is 0.203 e. The second kappa shape index (κ2) is 7.35. The molecule has 0 saturated heterocycles. The molecule has 0 spiro atoms. The first kappa shape index (κ1) is 17.1. The number of alkyl halides is 1. The largest absolute Gasteiger partial charge is 0.493 e. The quantitative estimate of drug-likeness (QED) is 0.487. The first-order valence-electron chi connectivity index (χ1n) is 5.90. The summed E-state index contributed by atoms with van der Waals surface area (Å²) in [5.74, 6) is 1.88. The first-order chi connectivity index (χ1) is 10.0. The second-order valence-corrected chi connectivity index (χ2v) is 8.26. The molecule has 0 fully saturated rings. The molecule has 1 heterocycles. The van der Waals surface area contributed by atoms with E-state index in [1.165, 1.54) is 4.88 Å². The molecule has 0 saturated carbocycles. The number of thiophene rings is 1. The van der Waals surface area contributed by atoms with E-state index in [1.807, 2.05) is 12.1 Å². The summed E-state index contributed by atoms with van der Waals surface area (Å²) in [5.41, 5.74) is 1.03. The molecule has 114 valence electrons. The highest BCUT2D eigenvalue weighted by Crippen LogP contribution is 2.46. The van der Waals surface area contributed by atoms with Gasteiger partial charge in [0.05, 0.1) is 29.9 Å². The number of hydrogen-bond acceptors (Lipinski definition) is 4. The van der Waals surface area contributed by atoms with Crippen molar-refractivity contribution in [1.29, 1.82) is 0 Å². The van der Waals surface area contributed by atoms with Crippen molar-refractivity contribution in [2.45, 2.75) is 4.83 Å². The van der Waals surface area contributed by atoms with E-state index < -0.39 is 0 Å². The van der Waals surface area contributed by atoms with E-state index in [2.05, 4.69) is 53.9 Å². The van der Waals surface area contributed by atoms with Crippen molar-refractivity contribution in [1.82, 2.24) is 0 Å². The summed E-state index contributed by atoms with van der Waals surface area (Å²) in [6.45, 7) is 0. The van der Waals surface area contributed by atoms with Crippen molar-refractivity contribution in [3.05, 3.63) is 36.9 Å². The van der Waals surface area contributed by atoms with E-state index in [9.17, 15) is 0 Å². The molecule has 21 heavy (non-hydrogen) atoms. The molecule has 7 heteroatoms. The van der Waals surface area contributed by atoms with Crippen LogP contribution in [0.4, 0.5) is 0 Å². The SMILES string of the molecule is COc1cc(C(Br)c2cc(Br)c(Br)s2)cc(OC)c1OC. The van der Waals surface area contributed by atoms with Crippen LogP contribution in [0, 0.1) is 0 Å². The van der Waals surface area contributed by atoms with E-state index in [0.29, 0.717) is 17.2 Å². The molecule has 0 aliphatic rings. The lowest BCUT2D eigenvalue weighted by Gasteiger charge is -2.16. The van der Waals surface area contributed by atoms with E-state index in [0.717, 1.165) is 13.8 Å². The zero-order chi connectivity index (χ0) is 15.6. The van der Waals surface area contributed by atoms with Crippen LogP contribution >= 0.6 is 59.1 Å². The minimum atomic E-state index is 0.0406. The van der Waals surface area contributed by atoms with Gasteiger partial charge in [-0.15, -0.1) is 11.3 Å². The number of halogens is 3. The number of benzene rings is 1. The van der Waals surface area contributed by atoms with Crippen LogP contribution < -0.4 is 14.2 Å². The normalized spacial score (nSPS) is 12.1. The average Bonchev–Trinajstić information content (AvgIpc) is 2.84. The fraction of sp³-hybridized carbons (Fsp3) is 0.286. The van der Waals surface area contributed by atoms with Crippen molar-refractivity contribution in [2.75, 3.05) is 21.3 Å². The molecule has 1 atom stereocenters. The Kier molecular flexibility index (Phi) is 5.99. The molecule has 1 aromatic heterocycles. The predicted octanol–water partition coefficient (Wildman–Crippen LogP) is 5.78. The molecule has 2 rings (SSSR count). The molecule has 3 nitrogen and oxygen atoms in total. The molecule has 0 aliphatic carbocycles.